The Labute approximate surface area is 321 Å². The van der Waals surface area contributed by atoms with E-state index in [-0.39, 0.29) is 22.6 Å². The van der Waals surface area contributed by atoms with E-state index < -0.39 is 47.4 Å². The van der Waals surface area contributed by atoms with Gasteiger partial charge in [0.2, 0.25) is 15.5 Å². The monoisotopic (exact) mass is 820 g/mol. The number of unbranched alkanes of at least 4 members (excludes halogenated alkanes) is 3. The van der Waals surface area contributed by atoms with Crippen LogP contribution in [0.4, 0.5) is 5.69 Å². The predicted molar refractivity (Wildman–Crippen MR) is 206 cm³/mol. The largest absolute Gasteiger partial charge is 0.748 e. The number of benzene rings is 2. The summed E-state index contributed by atoms with van der Waals surface area (Å²) in [6, 6.07) is 9.42. The van der Waals surface area contributed by atoms with Gasteiger partial charge in [0.05, 0.1) is 19.9 Å². The number of aryl methyl sites for hydroxylation is 1. The number of hydrogen-bond acceptors (Lipinski definition) is 11. The minimum absolute atomic E-state index is 0.0747. The van der Waals surface area contributed by atoms with Gasteiger partial charge in [-0.25, -0.2) is 25.3 Å². The molecule has 2 aliphatic heterocycles. The Bertz CT molecular complexity index is 2290. The third-order valence-electron chi connectivity index (χ3n) is 9.82. The van der Waals surface area contributed by atoms with E-state index in [0.717, 1.165) is 45.9 Å². The quantitative estimate of drug-likeness (QED) is 0.0783. The molecule has 0 unspecified atom stereocenters. The second-order valence-corrected chi connectivity index (χ2v) is 20.0. The lowest BCUT2D eigenvalue weighted by Crippen LogP contribution is -2.36. The van der Waals surface area contributed by atoms with Crippen molar-refractivity contribution in [2.24, 2.45) is 0 Å². The number of nitrogens with zero attached hydrogens (tertiary/aromatic N) is 3. The van der Waals surface area contributed by atoms with Gasteiger partial charge in [0.1, 0.15) is 14.8 Å². The van der Waals surface area contributed by atoms with Crippen molar-refractivity contribution in [1.29, 1.82) is 0 Å². The number of anilines is 1. The third-order valence-corrected chi connectivity index (χ3v) is 14.4. The Morgan fingerprint density at radius 2 is 1.61 bits per heavy atom. The molecule has 0 aliphatic carbocycles. The summed E-state index contributed by atoms with van der Waals surface area (Å²) in [5.41, 5.74) is 2.46. The lowest BCUT2D eigenvalue weighted by Gasteiger charge is -2.27. The number of carbonyl (C=O) groups is 1. The smallest absolute Gasteiger partial charge is 0.303 e. The Morgan fingerprint density at radius 3 is 2.30 bits per heavy atom. The number of aliphatic carboxylic acids is 1. The van der Waals surface area contributed by atoms with Crippen LogP contribution in [0.25, 0.3) is 16.3 Å². The standard InChI is InChI=1S/C37H47N3O10S4/c1-37(2)30-26-29(54(48,49)50)18-19-31(30)39(23-11-4-8-16-36(41)42)34(37)14-6-3-7-15-35-40(24-12-13-25-52(43,44)45)32-20-17-28(27-33(32)51-35)53(46,47)38-21-9-5-10-22-38/h3,6-7,14-15,17-20,26-27H,4-5,8-13,16,21-25H2,1-2H3,(H2-,41,42,43,44,45,48,49,50)/p-1. The van der Waals surface area contributed by atoms with Crippen LogP contribution in [0.15, 0.2) is 76.2 Å². The van der Waals surface area contributed by atoms with Crippen LogP contribution in [0.1, 0.15) is 82.2 Å². The van der Waals surface area contributed by atoms with Crippen LogP contribution in [0.2, 0.25) is 0 Å². The topological polar surface area (TPSA) is 196 Å². The highest BCUT2D eigenvalue weighted by Crippen LogP contribution is 2.48. The summed E-state index contributed by atoms with van der Waals surface area (Å²) < 4.78 is 100. The highest BCUT2D eigenvalue weighted by Gasteiger charge is 2.40. The van der Waals surface area contributed by atoms with Crippen molar-refractivity contribution in [3.63, 3.8) is 0 Å². The van der Waals surface area contributed by atoms with Gasteiger partial charge in [-0.3, -0.25) is 4.79 Å². The second-order valence-electron chi connectivity index (χ2n) is 14.1. The fourth-order valence-electron chi connectivity index (χ4n) is 7.03. The molecule has 1 N–H and O–H groups in total. The summed E-state index contributed by atoms with van der Waals surface area (Å²) in [4.78, 5) is 13.0. The molecule has 3 aromatic rings. The van der Waals surface area contributed by atoms with E-state index in [4.69, 9.17) is 5.11 Å². The van der Waals surface area contributed by atoms with Gasteiger partial charge < -0.3 is 19.1 Å². The maximum Gasteiger partial charge on any atom is 0.303 e. The molecule has 17 heteroatoms. The SMILES string of the molecule is CC1(C)\C(=C/C=C/C=C/c2sc3cc(S(=O)(=O)N4CCCCC4)ccc3[n+]2CCCCS(=O)(=O)[O-])N(CCCCCC(=O)O)c2ccc(S(=O)(=O)[O-])cc21. The first kappa shape index (κ1) is 41.7. The molecular weight excluding hydrogens is 775 g/mol. The van der Waals surface area contributed by atoms with Crippen molar-refractivity contribution in [2.75, 3.05) is 30.3 Å². The highest BCUT2D eigenvalue weighted by atomic mass is 32.2. The van der Waals surface area contributed by atoms with Gasteiger partial charge in [0.15, 0.2) is 6.54 Å². The van der Waals surface area contributed by atoms with Gasteiger partial charge >= 0.3 is 5.97 Å². The van der Waals surface area contributed by atoms with Crippen LogP contribution >= 0.6 is 11.3 Å². The van der Waals surface area contributed by atoms with Gasteiger partial charge in [-0.15, -0.1) is 0 Å². The number of carboxylic acid groups (broad SMARTS) is 1. The molecule has 2 aliphatic rings. The number of allylic oxidation sites excluding steroid dienone is 5. The van der Waals surface area contributed by atoms with Crippen LogP contribution in [0.3, 0.4) is 0 Å². The second kappa shape index (κ2) is 17.1. The number of fused-ring (bicyclic) bond motifs is 2. The molecule has 0 spiro atoms. The van der Waals surface area contributed by atoms with Crippen molar-refractivity contribution in [1.82, 2.24) is 4.31 Å². The van der Waals surface area contributed by atoms with Crippen LogP contribution in [0.5, 0.6) is 0 Å². The summed E-state index contributed by atoms with van der Waals surface area (Å²) in [7, 11) is -12.7. The Balaban J connectivity index is 1.43. The van der Waals surface area contributed by atoms with Gasteiger partial charge in [-0.2, -0.15) is 8.87 Å². The number of piperidine rings is 1. The summed E-state index contributed by atoms with van der Waals surface area (Å²) in [6.07, 6.45) is 14.5. The van der Waals surface area contributed by atoms with Crippen molar-refractivity contribution in [3.05, 3.63) is 77.0 Å². The molecule has 0 bridgehead atoms. The molecule has 1 fully saturated rings. The van der Waals surface area contributed by atoms with Crippen LogP contribution in [0, 0.1) is 0 Å². The fourth-order valence-corrected chi connectivity index (χ4v) is 10.8. The number of rotatable bonds is 17. The minimum Gasteiger partial charge on any atom is -0.748 e. The molecule has 54 heavy (non-hydrogen) atoms. The van der Waals surface area contributed by atoms with E-state index in [9.17, 15) is 39.2 Å². The molecule has 0 radical (unpaired) electrons. The molecule has 294 valence electrons. The van der Waals surface area contributed by atoms with E-state index >= 15 is 0 Å². The maximum absolute atomic E-state index is 13.4. The molecule has 1 aromatic heterocycles. The number of thiazole rings is 1. The van der Waals surface area contributed by atoms with Crippen molar-refractivity contribution >= 4 is 69.5 Å². The molecule has 0 saturated carbocycles. The van der Waals surface area contributed by atoms with E-state index in [0.29, 0.717) is 57.4 Å². The summed E-state index contributed by atoms with van der Waals surface area (Å²) in [6.45, 7) is 5.84. The average molecular weight is 821 g/mol. The summed E-state index contributed by atoms with van der Waals surface area (Å²) >= 11 is 1.40. The number of sulfonamides is 1. The predicted octanol–water partition coefficient (Wildman–Crippen LogP) is 5.49. The molecule has 0 atom stereocenters. The van der Waals surface area contributed by atoms with Gasteiger partial charge in [0, 0.05) is 67.2 Å². The first-order valence-electron chi connectivity index (χ1n) is 17.9. The van der Waals surface area contributed by atoms with Crippen molar-refractivity contribution < 1.29 is 48.8 Å². The first-order valence-corrected chi connectivity index (χ1v) is 23.2. The van der Waals surface area contributed by atoms with Gasteiger partial charge in [-0.05, 0) is 74.1 Å². The Hall–Kier alpha value is -3.45. The van der Waals surface area contributed by atoms with Gasteiger partial charge in [-0.1, -0.05) is 56.3 Å². The molecule has 0 amide bonds. The average Bonchev–Trinajstić information content (AvgIpc) is 3.55. The third kappa shape index (κ3) is 10.0. The van der Waals surface area contributed by atoms with Crippen LogP contribution in [-0.4, -0.2) is 75.1 Å². The zero-order valence-electron chi connectivity index (χ0n) is 30.3. The molecule has 2 aromatic carbocycles. The lowest BCUT2D eigenvalue weighted by molar-refractivity contribution is -0.669. The zero-order valence-corrected chi connectivity index (χ0v) is 33.6. The van der Waals surface area contributed by atoms with E-state index in [2.05, 4.69) is 4.90 Å². The lowest BCUT2D eigenvalue weighted by atomic mass is 9.83. The number of hydrogen-bond donors (Lipinski definition) is 1. The Morgan fingerprint density at radius 1 is 0.889 bits per heavy atom. The van der Waals surface area contributed by atoms with E-state index in [1.54, 1.807) is 24.3 Å². The van der Waals surface area contributed by atoms with Crippen LogP contribution in [-0.2, 0) is 47.0 Å². The van der Waals surface area contributed by atoms with Crippen molar-refractivity contribution in [2.45, 2.75) is 93.4 Å². The van der Waals surface area contributed by atoms with E-state index in [1.807, 2.05) is 48.8 Å². The van der Waals surface area contributed by atoms with E-state index in [1.165, 1.54) is 27.8 Å². The normalized spacial score (nSPS) is 17.7. The molecule has 5 rings (SSSR count). The molecule has 1 saturated heterocycles. The summed E-state index contributed by atoms with van der Waals surface area (Å²) in [5, 5.41) is 9.81. The summed E-state index contributed by atoms with van der Waals surface area (Å²) in [5.74, 6) is -1.32. The fraction of sp³-hybridized carbons (Fsp3) is 0.459. The van der Waals surface area contributed by atoms with Gasteiger partial charge in [0.25, 0.3) is 5.01 Å². The minimum atomic E-state index is -4.68. The number of carboxylic acids is 1. The first-order chi connectivity index (χ1) is 25.4. The zero-order chi connectivity index (χ0) is 39.3. The Kier molecular flexibility index (Phi) is 13.2. The molecule has 13 nitrogen and oxygen atoms in total. The van der Waals surface area contributed by atoms with Crippen molar-refractivity contribution in [3.8, 4) is 0 Å². The number of aromatic nitrogens is 1. The van der Waals surface area contributed by atoms with Crippen LogP contribution < -0.4 is 9.47 Å². The molecular formula is C37H46N3O10S4-. The molecule has 3 heterocycles. The maximum atomic E-state index is 13.4. The highest BCUT2D eigenvalue weighted by molar-refractivity contribution is 7.89.